The second kappa shape index (κ2) is 8.99. The van der Waals surface area contributed by atoms with E-state index >= 15 is 0 Å². The zero-order valence-electron chi connectivity index (χ0n) is 10.8. The van der Waals surface area contributed by atoms with Crippen LogP contribution in [0.2, 0.25) is 0 Å². The van der Waals surface area contributed by atoms with Gasteiger partial charge in [0, 0.05) is 32.1 Å². The average molecular weight is 279 g/mol. The Labute approximate surface area is 114 Å². The van der Waals surface area contributed by atoms with Crippen molar-refractivity contribution in [2.45, 2.75) is 32.2 Å². The van der Waals surface area contributed by atoms with Crippen molar-refractivity contribution in [3.63, 3.8) is 0 Å². The smallest absolute Gasteiger partial charge is 0.317 e. The fraction of sp³-hybridized carbons (Fsp3) is 0.818. The molecular weight excluding hydrogens is 256 g/mol. The number of nitrogens with zero attached hydrogens (tertiary/aromatic N) is 1. The molecule has 1 heterocycles. The van der Waals surface area contributed by atoms with E-state index in [-0.39, 0.29) is 30.4 Å². The third-order valence-electron chi connectivity index (χ3n) is 2.78. The first-order valence-electron chi connectivity index (χ1n) is 6.19. The first-order chi connectivity index (χ1) is 8.17. The van der Waals surface area contributed by atoms with E-state index in [1.165, 1.54) is 0 Å². The Morgan fingerprint density at radius 3 is 2.78 bits per heavy atom. The highest BCUT2D eigenvalue weighted by Gasteiger charge is 2.26. The summed E-state index contributed by atoms with van der Waals surface area (Å²) in [5, 5.41) is 5.68. The molecule has 0 saturated carbocycles. The van der Waals surface area contributed by atoms with Crippen LogP contribution in [0.1, 0.15) is 26.2 Å². The maximum absolute atomic E-state index is 11.5. The second-order valence-corrected chi connectivity index (χ2v) is 4.23. The molecular formula is C11H23ClN4O2. The standard InChI is InChI=1S/C11H22N4O2.ClH/c1-2-13-11(17)15-7-5-9(8-15)14-10(16)4-3-6-12;/h9H,2-8,12H2,1H3,(H,13,17)(H,14,16);1H. The number of likely N-dealkylation sites (tertiary alicyclic amines) is 1. The van der Waals surface area contributed by atoms with Gasteiger partial charge in [-0.25, -0.2) is 4.79 Å². The molecule has 0 aromatic carbocycles. The van der Waals surface area contributed by atoms with E-state index in [1.807, 2.05) is 6.92 Å². The number of hydrogen-bond acceptors (Lipinski definition) is 3. The first-order valence-corrected chi connectivity index (χ1v) is 6.19. The number of carbonyl (C=O) groups is 2. The van der Waals surface area contributed by atoms with Gasteiger partial charge >= 0.3 is 6.03 Å². The summed E-state index contributed by atoms with van der Waals surface area (Å²) >= 11 is 0. The number of hydrogen-bond donors (Lipinski definition) is 3. The lowest BCUT2D eigenvalue weighted by Gasteiger charge is -2.17. The summed E-state index contributed by atoms with van der Waals surface area (Å²) in [7, 11) is 0. The lowest BCUT2D eigenvalue weighted by Crippen LogP contribution is -2.42. The summed E-state index contributed by atoms with van der Waals surface area (Å²) in [5.41, 5.74) is 5.34. The molecule has 0 aromatic heterocycles. The number of nitrogens with one attached hydrogen (secondary N) is 2. The van der Waals surface area contributed by atoms with Crippen molar-refractivity contribution in [3.8, 4) is 0 Å². The van der Waals surface area contributed by atoms with E-state index in [9.17, 15) is 9.59 Å². The number of carbonyl (C=O) groups excluding carboxylic acids is 2. The zero-order chi connectivity index (χ0) is 12.7. The van der Waals surface area contributed by atoms with Crippen LogP contribution in [0.25, 0.3) is 0 Å². The Morgan fingerprint density at radius 1 is 1.44 bits per heavy atom. The third kappa shape index (κ3) is 5.55. The van der Waals surface area contributed by atoms with Crippen molar-refractivity contribution in [1.29, 1.82) is 0 Å². The third-order valence-corrected chi connectivity index (χ3v) is 2.78. The highest BCUT2D eigenvalue weighted by molar-refractivity contribution is 5.85. The maximum atomic E-state index is 11.5. The van der Waals surface area contributed by atoms with Crippen molar-refractivity contribution in [3.05, 3.63) is 0 Å². The average Bonchev–Trinajstić information content (AvgIpc) is 2.75. The van der Waals surface area contributed by atoms with Gasteiger partial charge in [0.05, 0.1) is 0 Å². The van der Waals surface area contributed by atoms with Crippen LogP contribution in [0, 0.1) is 0 Å². The predicted octanol–water partition coefficient (Wildman–Crippen LogP) is 0.0671. The molecule has 1 aliphatic rings. The normalized spacial score (nSPS) is 18.1. The molecule has 1 saturated heterocycles. The molecule has 106 valence electrons. The molecule has 0 bridgehead atoms. The molecule has 6 nitrogen and oxygen atoms in total. The molecule has 0 aromatic rings. The summed E-state index contributed by atoms with van der Waals surface area (Å²) in [4.78, 5) is 24.7. The molecule has 3 amide bonds. The lowest BCUT2D eigenvalue weighted by molar-refractivity contribution is -0.121. The number of halogens is 1. The van der Waals surface area contributed by atoms with E-state index in [0.717, 1.165) is 6.42 Å². The second-order valence-electron chi connectivity index (χ2n) is 4.23. The predicted molar refractivity (Wildman–Crippen MR) is 72.7 cm³/mol. The van der Waals surface area contributed by atoms with Crippen LogP contribution in [0.5, 0.6) is 0 Å². The largest absolute Gasteiger partial charge is 0.352 e. The van der Waals surface area contributed by atoms with Crippen molar-refractivity contribution < 1.29 is 9.59 Å². The van der Waals surface area contributed by atoms with Crippen LogP contribution in [-0.4, -0.2) is 49.1 Å². The summed E-state index contributed by atoms with van der Waals surface area (Å²) in [6.45, 7) is 4.35. The molecule has 0 spiro atoms. The lowest BCUT2D eigenvalue weighted by atomic mass is 10.2. The minimum absolute atomic E-state index is 0. The van der Waals surface area contributed by atoms with Crippen LogP contribution in [0.15, 0.2) is 0 Å². The Bertz CT molecular complexity index is 276. The van der Waals surface area contributed by atoms with E-state index < -0.39 is 0 Å². The molecule has 1 atom stereocenters. The summed E-state index contributed by atoms with van der Waals surface area (Å²) in [5.74, 6) is 0.0261. The van der Waals surface area contributed by atoms with Gasteiger partial charge < -0.3 is 21.3 Å². The number of rotatable bonds is 5. The van der Waals surface area contributed by atoms with Crippen LogP contribution < -0.4 is 16.4 Å². The Hall–Kier alpha value is -1.01. The van der Waals surface area contributed by atoms with Crippen LogP contribution in [0.3, 0.4) is 0 Å². The Morgan fingerprint density at radius 2 is 2.17 bits per heavy atom. The van der Waals surface area contributed by atoms with Gasteiger partial charge in [-0.15, -0.1) is 12.4 Å². The summed E-state index contributed by atoms with van der Waals surface area (Å²) < 4.78 is 0. The highest BCUT2D eigenvalue weighted by Crippen LogP contribution is 2.09. The van der Waals surface area contributed by atoms with Crippen LogP contribution in [0.4, 0.5) is 4.79 Å². The fourth-order valence-corrected chi connectivity index (χ4v) is 1.89. The molecule has 18 heavy (non-hydrogen) atoms. The molecule has 1 rings (SSSR count). The summed E-state index contributed by atoms with van der Waals surface area (Å²) in [6.07, 6.45) is 2.00. The van der Waals surface area contributed by atoms with Crippen molar-refractivity contribution in [2.75, 3.05) is 26.2 Å². The van der Waals surface area contributed by atoms with Crippen LogP contribution >= 0.6 is 12.4 Å². The molecule has 4 N–H and O–H groups in total. The summed E-state index contributed by atoms with van der Waals surface area (Å²) in [6, 6.07) is 0.0362. The molecule has 7 heteroatoms. The number of nitrogens with two attached hydrogens (primary N) is 1. The molecule has 1 aliphatic heterocycles. The molecule has 0 radical (unpaired) electrons. The quantitative estimate of drug-likeness (QED) is 0.665. The van der Waals surface area contributed by atoms with E-state index in [1.54, 1.807) is 4.90 Å². The Balaban J connectivity index is 0.00000289. The highest BCUT2D eigenvalue weighted by atomic mass is 35.5. The molecule has 1 unspecified atom stereocenters. The maximum Gasteiger partial charge on any atom is 0.317 e. The fourth-order valence-electron chi connectivity index (χ4n) is 1.89. The van der Waals surface area contributed by atoms with Crippen molar-refractivity contribution in [2.24, 2.45) is 5.73 Å². The van der Waals surface area contributed by atoms with E-state index in [4.69, 9.17) is 5.73 Å². The van der Waals surface area contributed by atoms with Gasteiger partial charge in [-0.2, -0.15) is 0 Å². The minimum Gasteiger partial charge on any atom is -0.352 e. The van der Waals surface area contributed by atoms with Gasteiger partial charge in [0.25, 0.3) is 0 Å². The van der Waals surface area contributed by atoms with Crippen LogP contribution in [-0.2, 0) is 4.79 Å². The Kier molecular flexibility index (Phi) is 8.49. The minimum atomic E-state index is -0.0498. The van der Waals surface area contributed by atoms with E-state index in [0.29, 0.717) is 39.0 Å². The van der Waals surface area contributed by atoms with Gasteiger partial charge in [-0.1, -0.05) is 0 Å². The molecule has 1 fully saturated rings. The zero-order valence-corrected chi connectivity index (χ0v) is 11.6. The van der Waals surface area contributed by atoms with Crippen molar-refractivity contribution >= 4 is 24.3 Å². The van der Waals surface area contributed by atoms with Gasteiger partial charge in [-0.3, -0.25) is 4.79 Å². The van der Waals surface area contributed by atoms with Gasteiger partial charge in [0.2, 0.25) is 5.91 Å². The number of urea groups is 1. The first kappa shape index (κ1) is 17.0. The van der Waals surface area contributed by atoms with Crippen molar-refractivity contribution in [1.82, 2.24) is 15.5 Å². The van der Waals surface area contributed by atoms with E-state index in [2.05, 4.69) is 10.6 Å². The SMILES string of the molecule is CCNC(=O)N1CCC(NC(=O)CCCN)C1.Cl. The van der Waals surface area contributed by atoms with Gasteiger partial charge in [0.1, 0.15) is 0 Å². The van der Waals surface area contributed by atoms with Gasteiger partial charge in [-0.05, 0) is 26.3 Å². The topological polar surface area (TPSA) is 87.5 Å². The van der Waals surface area contributed by atoms with Gasteiger partial charge in [0.15, 0.2) is 0 Å². The molecule has 0 aliphatic carbocycles. The monoisotopic (exact) mass is 278 g/mol. The number of amides is 3.